The lowest BCUT2D eigenvalue weighted by atomic mass is 9.80. The van der Waals surface area contributed by atoms with Crippen LogP contribution in [0.3, 0.4) is 0 Å². The van der Waals surface area contributed by atoms with Crippen molar-refractivity contribution in [3.05, 3.63) is 82.7 Å². The topological polar surface area (TPSA) is 77.2 Å². The maximum atomic E-state index is 13.3. The van der Waals surface area contributed by atoms with Gasteiger partial charge < -0.3 is 15.8 Å². The van der Waals surface area contributed by atoms with Gasteiger partial charge in [0.05, 0.1) is 30.7 Å². The zero-order chi connectivity index (χ0) is 23.8. The second-order valence-electron chi connectivity index (χ2n) is 8.52. The number of carbonyl (C=O) groups excluding carboxylic acids is 1. The number of aryl methyl sites for hydroxylation is 1. The van der Waals surface area contributed by atoms with Gasteiger partial charge in [-0.05, 0) is 41.8 Å². The summed E-state index contributed by atoms with van der Waals surface area (Å²) in [6, 6.07) is 13.2. The SMILES string of the molecule is Cc1ncc(NC(=O)c2ccc(CN)c(C(F)(F)F)c2)cc1-c1cccc(C2(C)COC2)c1. The highest BCUT2D eigenvalue weighted by Crippen LogP contribution is 2.35. The molecule has 0 spiro atoms. The Labute approximate surface area is 189 Å². The molecule has 1 aliphatic rings. The Hall–Kier alpha value is -3.23. The molecule has 8 heteroatoms. The predicted molar refractivity (Wildman–Crippen MR) is 120 cm³/mol. The third-order valence-electron chi connectivity index (χ3n) is 5.95. The minimum Gasteiger partial charge on any atom is -0.379 e. The summed E-state index contributed by atoms with van der Waals surface area (Å²) in [4.78, 5) is 17.1. The number of benzene rings is 2. The number of aromatic nitrogens is 1. The lowest BCUT2D eigenvalue weighted by molar-refractivity contribution is -0.138. The largest absolute Gasteiger partial charge is 0.416 e. The molecule has 0 unspecified atom stereocenters. The van der Waals surface area contributed by atoms with Crippen molar-refractivity contribution < 1.29 is 22.7 Å². The fourth-order valence-electron chi connectivity index (χ4n) is 3.89. The van der Waals surface area contributed by atoms with Gasteiger partial charge in [0.25, 0.3) is 5.91 Å². The molecule has 0 saturated carbocycles. The molecule has 1 aliphatic heterocycles. The summed E-state index contributed by atoms with van der Waals surface area (Å²) >= 11 is 0. The van der Waals surface area contributed by atoms with Crippen LogP contribution in [-0.4, -0.2) is 24.1 Å². The molecule has 1 aromatic heterocycles. The van der Waals surface area contributed by atoms with E-state index in [0.29, 0.717) is 18.9 Å². The first-order chi connectivity index (χ1) is 15.6. The van der Waals surface area contributed by atoms with Crippen LogP contribution in [0.2, 0.25) is 0 Å². The number of hydrogen-bond donors (Lipinski definition) is 2. The fourth-order valence-corrected chi connectivity index (χ4v) is 3.89. The Morgan fingerprint density at radius 2 is 1.94 bits per heavy atom. The molecule has 3 N–H and O–H groups in total. The highest BCUT2D eigenvalue weighted by Gasteiger charge is 2.35. The minimum absolute atomic E-state index is 0.0327. The number of pyridine rings is 1. The molecule has 0 bridgehead atoms. The van der Waals surface area contributed by atoms with E-state index in [-0.39, 0.29) is 23.1 Å². The van der Waals surface area contributed by atoms with E-state index < -0.39 is 17.6 Å². The molecule has 1 amide bonds. The van der Waals surface area contributed by atoms with Crippen molar-refractivity contribution >= 4 is 11.6 Å². The average molecular weight is 455 g/mol. The van der Waals surface area contributed by atoms with Crippen LogP contribution >= 0.6 is 0 Å². The van der Waals surface area contributed by atoms with Gasteiger partial charge in [-0.15, -0.1) is 0 Å². The number of alkyl halides is 3. The van der Waals surface area contributed by atoms with Crippen LogP contribution in [0.4, 0.5) is 18.9 Å². The molecule has 1 saturated heterocycles. The molecular weight excluding hydrogens is 431 g/mol. The molecule has 2 aromatic carbocycles. The van der Waals surface area contributed by atoms with Gasteiger partial charge in [-0.25, -0.2) is 0 Å². The fraction of sp³-hybridized carbons (Fsp3) is 0.280. The maximum absolute atomic E-state index is 13.3. The lowest BCUT2D eigenvalue weighted by Gasteiger charge is -2.38. The quantitative estimate of drug-likeness (QED) is 0.563. The third kappa shape index (κ3) is 4.62. The number of amides is 1. The second kappa shape index (κ2) is 8.61. The van der Waals surface area contributed by atoms with Gasteiger partial charge in [0, 0.05) is 28.8 Å². The van der Waals surface area contributed by atoms with Crippen LogP contribution in [0.15, 0.2) is 54.7 Å². The first-order valence-electron chi connectivity index (χ1n) is 10.5. The van der Waals surface area contributed by atoms with Gasteiger partial charge in [-0.1, -0.05) is 37.3 Å². The summed E-state index contributed by atoms with van der Waals surface area (Å²) in [5, 5.41) is 2.66. The Morgan fingerprint density at radius 1 is 1.18 bits per heavy atom. The van der Waals surface area contributed by atoms with Crippen LogP contribution in [0.5, 0.6) is 0 Å². The molecule has 4 rings (SSSR count). The summed E-state index contributed by atoms with van der Waals surface area (Å²) < 4.78 is 45.4. The van der Waals surface area contributed by atoms with E-state index >= 15 is 0 Å². The Balaban J connectivity index is 1.62. The number of nitrogens with two attached hydrogens (primary N) is 1. The molecule has 0 atom stereocenters. The molecule has 3 aromatic rings. The standard InChI is InChI=1S/C25H24F3N3O2/c1-15-21(16-4-3-5-19(8-16)24(2)13-33-14-24)10-20(12-30-15)31-23(32)17-6-7-18(11-29)22(9-17)25(26,27)28/h3-10,12H,11,13-14,29H2,1-2H3,(H,31,32). The number of nitrogens with one attached hydrogen (secondary N) is 1. The van der Waals surface area contributed by atoms with Crippen molar-refractivity contribution in [2.75, 3.05) is 18.5 Å². The number of nitrogens with zero attached hydrogens (tertiary/aromatic N) is 1. The van der Waals surface area contributed by atoms with Crippen LogP contribution in [-0.2, 0) is 22.9 Å². The highest BCUT2D eigenvalue weighted by atomic mass is 19.4. The zero-order valence-electron chi connectivity index (χ0n) is 18.3. The van der Waals surface area contributed by atoms with E-state index in [4.69, 9.17) is 10.5 Å². The zero-order valence-corrected chi connectivity index (χ0v) is 18.3. The Bertz CT molecular complexity index is 1200. The number of carbonyl (C=O) groups is 1. The minimum atomic E-state index is -4.60. The summed E-state index contributed by atoms with van der Waals surface area (Å²) in [6.07, 6.45) is -3.11. The molecule has 33 heavy (non-hydrogen) atoms. The first kappa shape index (κ1) is 22.9. The number of halogens is 3. The van der Waals surface area contributed by atoms with Crippen molar-refractivity contribution in [2.45, 2.75) is 32.0 Å². The molecule has 1 fully saturated rings. The van der Waals surface area contributed by atoms with Crippen molar-refractivity contribution in [3.8, 4) is 11.1 Å². The van der Waals surface area contributed by atoms with E-state index in [0.717, 1.165) is 28.5 Å². The van der Waals surface area contributed by atoms with Gasteiger partial charge >= 0.3 is 6.18 Å². The van der Waals surface area contributed by atoms with Crippen molar-refractivity contribution in [2.24, 2.45) is 5.73 Å². The lowest BCUT2D eigenvalue weighted by Crippen LogP contribution is -2.43. The summed E-state index contributed by atoms with van der Waals surface area (Å²) in [5.74, 6) is -0.659. The predicted octanol–water partition coefficient (Wildman–Crippen LogP) is 5.07. The smallest absolute Gasteiger partial charge is 0.379 e. The van der Waals surface area contributed by atoms with Crippen LogP contribution in [0.25, 0.3) is 11.1 Å². The van der Waals surface area contributed by atoms with Gasteiger partial charge in [-0.2, -0.15) is 13.2 Å². The molecule has 0 radical (unpaired) electrons. The monoisotopic (exact) mass is 455 g/mol. The summed E-state index contributed by atoms with van der Waals surface area (Å²) in [6.45, 7) is 5.05. The normalized spacial score (nSPS) is 15.1. The Kier molecular flexibility index (Phi) is 5.99. The van der Waals surface area contributed by atoms with Gasteiger partial charge in [0.2, 0.25) is 0 Å². The van der Waals surface area contributed by atoms with Crippen molar-refractivity contribution in [1.29, 1.82) is 0 Å². The van der Waals surface area contributed by atoms with Crippen molar-refractivity contribution in [3.63, 3.8) is 0 Å². The van der Waals surface area contributed by atoms with Gasteiger partial charge in [0.1, 0.15) is 0 Å². The third-order valence-corrected chi connectivity index (χ3v) is 5.95. The van der Waals surface area contributed by atoms with E-state index in [1.807, 2.05) is 19.1 Å². The molecule has 5 nitrogen and oxygen atoms in total. The highest BCUT2D eigenvalue weighted by molar-refractivity contribution is 6.04. The average Bonchev–Trinajstić information content (AvgIpc) is 2.77. The van der Waals surface area contributed by atoms with Gasteiger partial charge in [0.15, 0.2) is 0 Å². The Morgan fingerprint density at radius 3 is 2.58 bits per heavy atom. The number of anilines is 1. The molecular formula is C25H24F3N3O2. The van der Waals surface area contributed by atoms with Crippen LogP contribution < -0.4 is 11.1 Å². The van der Waals surface area contributed by atoms with Gasteiger partial charge in [-0.3, -0.25) is 9.78 Å². The molecule has 2 heterocycles. The van der Waals surface area contributed by atoms with E-state index in [1.54, 1.807) is 6.07 Å². The second-order valence-corrected chi connectivity index (χ2v) is 8.52. The van der Waals surface area contributed by atoms with E-state index in [1.165, 1.54) is 18.3 Å². The first-order valence-corrected chi connectivity index (χ1v) is 10.5. The van der Waals surface area contributed by atoms with E-state index in [2.05, 4.69) is 29.4 Å². The number of hydrogen-bond acceptors (Lipinski definition) is 4. The van der Waals surface area contributed by atoms with E-state index in [9.17, 15) is 18.0 Å². The molecule has 172 valence electrons. The number of rotatable bonds is 5. The number of ether oxygens (including phenoxy) is 1. The van der Waals surface area contributed by atoms with Crippen LogP contribution in [0, 0.1) is 6.92 Å². The molecule has 0 aliphatic carbocycles. The van der Waals surface area contributed by atoms with Crippen LogP contribution in [0.1, 0.15) is 39.7 Å². The summed E-state index contributed by atoms with van der Waals surface area (Å²) in [7, 11) is 0. The summed E-state index contributed by atoms with van der Waals surface area (Å²) in [5.41, 5.74) is 8.37. The maximum Gasteiger partial charge on any atom is 0.416 e. The van der Waals surface area contributed by atoms with Crippen molar-refractivity contribution in [1.82, 2.24) is 4.98 Å².